The predicted octanol–water partition coefficient (Wildman–Crippen LogP) is 6.65. The van der Waals surface area contributed by atoms with Crippen molar-refractivity contribution in [1.29, 1.82) is 0 Å². The van der Waals surface area contributed by atoms with Gasteiger partial charge < -0.3 is 4.74 Å². The molecule has 4 atom stereocenters. The second-order valence-corrected chi connectivity index (χ2v) is 10.2. The molecule has 1 aliphatic heterocycles. The maximum atomic E-state index is 6.96. The van der Waals surface area contributed by atoms with E-state index in [2.05, 4.69) is 81.4 Å². The topological polar surface area (TPSA) is 27.7 Å². The van der Waals surface area contributed by atoms with Crippen LogP contribution in [0.1, 0.15) is 64.0 Å². The van der Waals surface area contributed by atoms with Gasteiger partial charge in [-0.25, -0.2) is 4.89 Å². The Balaban J connectivity index is 1.56. The second kappa shape index (κ2) is 7.33. The molecular weight excluding hydrogens is 372 g/mol. The lowest BCUT2D eigenvalue weighted by Gasteiger charge is -2.54. The lowest BCUT2D eigenvalue weighted by atomic mass is 9.68. The molecule has 3 heteroatoms. The summed E-state index contributed by atoms with van der Waals surface area (Å²) in [5, 5.41) is 0. The quantitative estimate of drug-likeness (QED) is 0.525. The van der Waals surface area contributed by atoms with Gasteiger partial charge in [-0.3, -0.25) is 0 Å². The highest BCUT2D eigenvalue weighted by Crippen LogP contribution is 2.56. The van der Waals surface area contributed by atoms with E-state index in [1.54, 1.807) is 0 Å². The Bertz CT molecular complexity index is 914. The van der Waals surface area contributed by atoms with Crippen LogP contribution in [0.15, 0.2) is 66.7 Å². The van der Waals surface area contributed by atoms with Crippen molar-refractivity contribution in [2.75, 3.05) is 0 Å². The predicted molar refractivity (Wildman–Crippen MR) is 118 cm³/mol. The third-order valence-corrected chi connectivity index (χ3v) is 7.17. The average molecular weight is 405 g/mol. The van der Waals surface area contributed by atoms with E-state index in [4.69, 9.17) is 14.5 Å². The van der Waals surface area contributed by atoms with Crippen LogP contribution in [0.3, 0.4) is 0 Å². The molecule has 2 aliphatic carbocycles. The van der Waals surface area contributed by atoms with Crippen LogP contribution in [-0.2, 0) is 20.1 Å². The molecule has 0 bridgehead atoms. The van der Waals surface area contributed by atoms with Crippen molar-refractivity contribution in [2.24, 2.45) is 11.3 Å². The van der Waals surface area contributed by atoms with Gasteiger partial charge in [-0.2, -0.15) is 4.89 Å². The summed E-state index contributed by atoms with van der Waals surface area (Å²) in [6.45, 7) is 6.86. The van der Waals surface area contributed by atoms with E-state index >= 15 is 0 Å². The summed E-state index contributed by atoms with van der Waals surface area (Å²) < 4.78 is 6.96. The molecule has 2 aromatic carbocycles. The van der Waals surface area contributed by atoms with Gasteiger partial charge in [0.2, 0.25) is 5.79 Å². The first-order chi connectivity index (χ1) is 14.4. The van der Waals surface area contributed by atoms with Crippen molar-refractivity contribution in [3.63, 3.8) is 0 Å². The minimum absolute atomic E-state index is 0.0844. The summed E-state index contributed by atoms with van der Waals surface area (Å²) in [5.74, 6) is -0.385. The fourth-order valence-electron chi connectivity index (χ4n) is 5.68. The maximum Gasteiger partial charge on any atom is 0.205 e. The largest absolute Gasteiger partial charge is 0.336 e. The summed E-state index contributed by atoms with van der Waals surface area (Å²) in [7, 11) is 0. The maximum absolute atomic E-state index is 6.96. The first-order valence-electron chi connectivity index (χ1n) is 11.3. The van der Waals surface area contributed by atoms with E-state index in [1.165, 1.54) is 17.6 Å². The molecule has 1 saturated heterocycles. The fourth-order valence-corrected chi connectivity index (χ4v) is 5.68. The Labute approximate surface area is 180 Å². The van der Waals surface area contributed by atoms with E-state index in [9.17, 15) is 0 Å². The molecular formula is C27H32O3. The van der Waals surface area contributed by atoms with Crippen LogP contribution in [0.4, 0.5) is 0 Å². The van der Waals surface area contributed by atoms with Crippen LogP contribution in [0.25, 0.3) is 5.57 Å². The van der Waals surface area contributed by atoms with Crippen molar-refractivity contribution >= 4 is 5.57 Å². The highest BCUT2D eigenvalue weighted by molar-refractivity contribution is 5.70. The molecule has 30 heavy (non-hydrogen) atoms. The molecule has 3 nitrogen and oxygen atoms in total. The van der Waals surface area contributed by atoms with Crippen molar-refractivity contribution in [3.8, 4) is 0 Å². The highest BCUT2D eigenvalue weighted by atomic mass is 17.3. The molecule has 158 valence electrons. The SMILES string of the molecule is CC(C)(C)[C@@H]1CCCC[C@]12OO[C@]1(c3ccccc3)CC(c3ccccc3)=C[C@@H]1O2. The Hall–Kier alpha value is -1.94. The van der Waals surface area contributed by atoms with Gasteiger partial charge in [-0.15, -0.1) is 0 Å². The zero-order valence-electron chi connectivity index (χ0n) is 18.3. The number of rotatable bonds is 2. The monoisotopic (exact) mass is 404 g/mol. The van der Waals surface area contributed by atoms with E-state index < -0.39 is 11.4 Å². The van der Waals surface area contributed by atoms with Crippen molar-refractivity contribution in [1.82, 2.24) is 0 Å². The number of fused-ring (bicyclic) bond motifs is 1. The molecule has 3 aliphatic rings. The third kappa shape index (κ3) is 3.24. The first-order valence-corrected chi connectivity index (χ1v) is 11.3. The highest BCUT2D eigenvalue weighted by Gasteiger charge is 2.60. The molecule has 1 spiro atoms. The molecule has 0 radical (unpaired) electrons. The molecule has 5 rings (SSSR count). The normalized spacial score (nSPS) is 33.9. The Morgan fingerprint density at radius 1 is 0.867 bits per heavy atom. The molecule has 0 amide bonds. The van der Waals surface area contributed by atoms with E-state index in [0.717, 1.165) is 31.2 Å². The summed E-state index contributed by atoms with van der Waals surface area (Å²) in [6, 6.07) is 21.0. The van der Waals surface area contributed by atoms with Crippen LogP contribution in [0, 0.1) is 11.3 Å². The summed E-state index contributed by atoms with van der Waals surface area (Å²) in [4.78, 5) is 12.8. The van der Waals surface area contributed by atoms with Gasteiger partial charge >= 0.3 is 0 Å². The van der Waals surface area contributed by atoms with Gasteiger partial charge in [0.1, 0.15) is 6.10 Å². The number of hydrogen-bond acceptors (Lipinski definition) is 3. The zero-order chi connectivity index (χ0) is 20.8. The van der Waals surface area contributed by atoms with Crippen LogP contribution in [0.5, 0.6) is 0 Å². The van der Waals surface area contributed by atoms with Gasteiger partial charge in [-0.05, 0) is 41.0 Å². The molecule has 2 aromatic rings. The lowest BCUT2D eigenvalue weighted by Crippen LogP contribution is -2.60. The molecule has 1 heterocycles. The standard InChI is InChI=1S/C27H32O3/c1-25(2,3)23-16-10-11-17-27(23)28-24-18-21(20-12-6-4-7-13-20)19-26(24,29-30-27)22-14-8-5-9-15-22/h4-9,12-15,18,23-24H,10-11,16-17,19H2,1-3H3/t23-,24-,26-,27-/m0/s1. The Morgan fingerprint density at radius 3 is 2.27 bits per heavy atom. The summed E-state index contributed by atoms with van der Waals surface area (Å²) in [5.41, 5.74) is 3.03. The minimum atomic E-state index is -0.678. The van der Waals surface area contributed by atoms with Crippen LogP contribution < -0.4 is 0 Å². The van der Waals surface area contributed by atoms with E-state index in [0.29, 0.717) is 5.92 Å². The number of hydrogen-bond donors (Lipinski definition) is 0. The van der Waals surface area contributed by atoms with E-state index in [-0.39, 0.29) is 11.5 Å². The van der Waals surface area contributed by atoms with Crippen molar-refractivity contribution < 1.29 is 14.5 Å². The third-order valence-electron chi connectivity index (χ3n) is 7.17. The Morgan fingerprint density at radius 2 is 1.57 bits per heavy atom. The molecule has 0 aromatic heterocycles. The smallest absolute Gasteiger partial charge is 0.205 e. The van der Waals surface area contributed by atoms with Gasteiger partial charge in [0.25, 0.3) is 0 Å². The summed E-state index contributed by atoms with van der Waals surface area (Å²) in [6.07, 6.45) is 7.15. The van der Waals surface area contributed by atoms with Crippen molar-refractivity contribution in [3.05, 3.63) is 77.9 Å². The summed E-state index contributed by atoms with van der Waals surface area (Å²) >= 11 is 0. The molecule has 2 fully saturated rings. The van der Waals surface area contributed by atoms with Gasteiger partial charge in [0.05, 0.1) is 0 Å². The van der Waals surface area contributed by atoms with Crippen LogP contribution in [0.2, 0.25) is 0 Å². The molecule has 1 saturated carbocycles. The van der Waals surface area contributed by atoms with Gasteiger partial charge in [0, 0.05) is 18.8 Å². The number of benzene rings is 2. The van der Waals surface area contributed by atoms with Crippen molar-refractivity contribution in [2.45, 2.75) is 70.4 Å². The zero-order valence-corrected chi connectivity index (χ0v) is 18.3. The first kappa shape index (κ1) is 20.0. The average Bonchev–Trinajstić information content (AvgIpc) is 3.14. The fraction of sp³-hybridized carbons (Fsp3) is 0.481. The molecule has 0 N–H and O–H groups in total. The van der Waals surface area contributed by atoms with E-state index in [1.807, 2.05) is 6.07 Å². The second-order valence-electron chi connectivity index (χ2n) is 10.2. The van der Waals surface area contributed by atoms with Gasteiger partial charge in [0.15, 0.2) is 5.60 Å². The van der Waals surface area contributed by atoms with Gasteiger partial charge in [-0.1, -0.05) is 87.9 Å². The lowest BCUT2D eigenvalue weighted by molar-refractivity contribution is -0.544. The van der Waals surface area contributed by atoms with Crippen LogP contribution >= 0.6 is 0 Å². The number of ether oxygens (including phenoxy) is 1. The minimum Gasteiger partial charge on any atom is -0.336 e. The van der Waals surface area contributed by atoms with Crippen LogP contribution in [-0.4, -0.2) is 11.9 Å². The molecule has 0 unspecified atom stereocenters. The Kier molecular flexibility index (Phi) is 4.89.